The Morgan fingerprint density at radius 3 is 2.61 bits per heavy atom. The number of piperazine rings is 1. The lowest BCUT2D eigenvalue weighted by Crippen LogP contribution is -2.51. The number of nitrogens with one attached hydrogen (secondary N) is 1. The van der Waals surface area contributed by atoms with Gasteiger partial charge < -0.3 is 19.9 Å². The molecule has 41 heavy (non-hydrogen) atoms. The van der Waals surface area contributed by atoms with Gasteiger partial charge in [0.15, 0.2) is 0 Å². The van der Waals surface area contributed by atoms with E-state index in [0.717, 1.165) is 39.2 Å². The summed E-state index contributed by atoms with van der Waals surface area (Å²) in [5, 5.41) is 23.6. The van der Waals surface area contributed by atoms with Crippen molar-refractivity contribution in [2.24, 2.45) is 7.05 Å². The third kappa shape index (κ3) is 5.11. The largest absolute Gasteiger partial charge is 0.382 e. The minimum Gasteiger partial charge on any atom is -0.382 e. The highest BCUT2D eigenvalue weighted by atomic mass is 16.3. The van der Waals surface area contributed by atoms with E-state index in [0.29, 0.717) is 37.4 Å². The lowest BCUT2D eigenvalue weighted by Gasteiger charge is -2.39. The van der Waals surface area contributed by atoms with Crippen molar-refractivity contribution in [1.29, 1.82) is 5.26 Å². The summed E-state index contributed by atoms with van der Waals surface area (Å²) in [5.74, 6) is 0. The Morgan fingerprint density at radius 1 is 1.12 bits per heavy atom. The molecule has 2 N–H and O–H groups in total. The molecule has 0 saturated carbocycles. The molecule has 2 atom stereocenters. The van der Waals surface area contributed by atoms with Gasteiger partial charge in [-0.25, -0.2) is 9.78 Å². The number of urea groups is 1. The fraction of sp³-hybridized carbons (Fsp3) is 0.250. The van der Waals surface area contributed by atoms with E-state index in [2.05, 4.69) is 52.5 Å². The number of aryl methyl sites for hydroxylation is 2. The first kappa shape index (κ1) is 26.4. The minimum absolute atomic E-state index is 0.141. The van der Waals surface area contributed by atoms with Crippen LogP contribution in [-0.4, -0.2) is 61.7 Å². The monoisotopic (exact) mass is 545 g/mol. The molecule has 3 heterocycles. The Hall–Kier alpha value is -4.78. The van der Waals surface area contributed by atoms with Crippen LogP contribution < -0.4 is 5.32 Å². The zero-order valence-electron chi connectivity index (χ0n) is 23.0. The molecule has 2 aliphatic rings. The molecule has 2 aromatic carbocycles. The van der Waals surface area contributed by atoms with Crippen molar-refractivity contribution >= 4 is 23.4 Å². The number of carbonyl (C=O) groups is 1. The maximum absolute atomic E-state index is 13.0. The number of hydrogen-bond acceptors (Lipinski definition) is 6. The van der Waals surface area contributed by atoms with Gasteiger partial charge in [-0.15, -0.1) is 0 Å². The van der Waals surface area contributed by atoms with Crippen molar-refractivity contribution in [2.75, 3.05) is 31.5 Å². The summed E-state index contributed by atoms with van der Waals surface area (Å²) >= 11 is 0. The van der Waals surface area contributed by atoms with Gasteiger partial charge >= 0.3 is 6.03 Å². The number of aliphatic hydroxyl groups is 1. The maximum atomic E-state index is 13.0. The molecule has 2 aromatic heterocycles. The van der Waals surface area contributed by atoms with Crippen LogP contribution in [0.1, 0.15) is 51.4 Å². The second-order valence-corrected chi connectivity index (χ2v) is 10.5. The molecule has 1 aliphatic heterocycles. The van der Waals surface area contributed by atoms with Crippen LogP contribution in [0.4, 0.5) is 10.5 Å². The molecule has 9 heteroatoms. The normalized spacial score (nSPS) is 17.5. The van der Waals surface area contributed by atoms with Gasteiger partial charge in [-0.3, -0.25) is 9.88 Å². The SMILES string of the molecule is Cc1ccc2c(c1)C(C(O)c1cncn1C)=Cc1cccnc1[C@H]2N1CCN(C(=O)Nc2ccc(C#N)cc2)CC1. The lowest BCUT2D eigenvalue weighted by molar-refractivity contribution is 0.125. The number of hydrogen-bond donors (Lipinski definition) is 2. The van der Waals surface area contributed by atoms with E-state index < -0.39 is 6.10 Å². The van der Waals surface area contributed by atoms with E-state index in [1.807, 2.05) is 34.8 Å². The van der Waals surface area contributed by atoms with Crippen LogP contribution in [0.2, 0.25) is 0 Å². The summed E-state index contributed by atoms with van der Waals surface area (Å²) in [6.07, 6.45) is 6.41. The van der Waals surface area contributed by atoms with Crippen molar-refractivity contribution in [1.82, 2.24) is 24.3 Å². The molecule has 206 valence electrons. The van der Waals surface area contributed by atoms with Crippen LogP contribution >= 0.6 is 0 Å². The number of pyridine rings is 1. The molecular formula is C32H31N7O2. The molecule has 1 fully saturated rings. The Balaban J connectivity index is 1.30. The molecule has 1 unspecified atom stereocenters. The zero-order valence-corrected chi connectivity index (χ0v) is 23.0. The van der Waals surface area contributed by atoms with Crippen LogP contribution in [0.25, 0.3) is 11.6 Å². The molecule has 1 aliphatic carbocycles. The predicted molar refractivity (Wildman–Crippen MR) is 157 cm³/mol. The fourth-order valence-corrected chi connectivity index (χ4v) is 5.73. The topological polar surface area (TPSA) is 110 Å². The Bertz CT molecular complexity index is 1660. The zero-order chi connectivity index (χ0) is 28.5. The Kier molecular flexibility index (Phi) is 7.10. The van der Waals surface area contributed by atoms with Crippen molar-refractivity contribution in [3.05, 3.63) is 113 Å². The van der Waals surface area contributed by atoms with Gasteiger partial charge in [-0.05, 0) is 65.6 Å². The number of amides is 2. The summed E-state index contributed by atoms with van der Waals surface area (Å²) in [6, 6.07) is 19.0. The highest BCUT2D eigenvalue weighted by Crippen LogP contribution is 2.43. The van der Waals surface area contributed by atoms with Crippen molar-refractivity contribution in [3.8, 4) is 6.07 Å². The minimum atomic E-state index is -0.863. The summed E-state index contributed by atoms with van der Waals surface area (Å²) in [6.45, 7) is 4.49. The number of aromatic nitrogens is 3. The first-order valence-corrected chi connectivity index (χ1v) is 13.6. The van der Waals surface area contributed by atoms with Gasteiger partial charge in [-0.2, -0.15) is 5.26 Å². The number of imidazole rings is 1. The predicted octanol–water partition coefficient (Wildman–Crippen LogP) is 4.52. The van der Waals surface area contributed by atoms with Crippen LogP contribution in [0.15, 0.2) is 73.3 Å². The molecule has 0 bridgehead atoms. The van der Waals surface area contributed by atoms with E-state index in [-0.39, 0.29) is 12.1 Å². The average Bonchev–Trinajstić information content (AvgIpc) is 3.37. The van der Waals surface area contributed by atoms with Crippen LogP contribution in [0.3, 0.4) is 0 Å². The third-order valence-corrected chi connectivity index (χ3v) is 7.92. The number of nitriles is 1. The summed E-state index contributed by atoms with van der Waals surface area (Å²) in [4.78, 5) is 26.3. The van der Waals surface area contributed by atoms with Crippen LogP contribution in [-0.2, 0) is 7.05 Å². The summed E-state index contributed by atoms with van der Waals surface area (Å²) < 4.78 is 1.84. The van der Waals surface area contributed by atoms with Gasteiger partial charge in [0.2, 0.25) is 0 Å². The molecular weight excluding hydrogens is 514 g/mol. The Labute approximate surface area is 239 Å². The number of benzene rings is 2. The lowest BCUT2D eigenvalue weighted by atomic mass is 9.89. The van der Waals surface area contributed by atoms with Crippen molar-refractivity contribution in [3.63, 3.8) is 0 Å². The smallest absolute Gasteiger partial charge is 0.321 e. The van der Waals surface area contributed by atoms with Gasteiger partial charge in [0.05, 0.1) is 41.6 Å². The number of aliphatic hydroxyl groups excluding tert-OH is 1. The summed E-state index contributed by atoms with van der Waals surface area (Å²) in [5.41, 5.74) is 7.80. The van der Waals surface area contributed by atoms with Gasteiger partial charge in [-0.1, -0.05) is 29.8 Å². The molecule has 0 spiro atoms. The fourth-order valence-electron chi connectivity index (χ4n) is 5.73. The highest BCUT2D eigenvalue weighted by Gasteiger charge is 2.35. The number of carbonyl (C=O) groups excluding carboxylic acids is 1. The van der Waals surface area contributed by atoms with Crippen molar-refractivity contribution in [2.45, 2.75) is 19.1 Å². The van der Waals surface area contributed by atoms with Crippen molar-refractivity contribution < 1.29 is 9.90 Å². The quantitative estimate of drug-likeness (QED) is 0.390. The molecule has 2 amide bonds. The standard InChI is InChI=1S/C32H31N7O2/c1-21-5-10-25-26(16-21)27(31(40)28-19-34-20-37(28)2)17-23-4-3-11-35-29(23)30(25)38-12-14-39(15-13-38)32(41)36-24-8-6-22(18-33)7-9-24/h3-11,16-17,19-20,30-31,40H,12-15H2,1-2H3,(H,36,41)/t30-,31?/m0/s1. The van der Waals surface area contributed by atoms with Crippen LogP contribution in [0, 0.1) is 18.3 Å². The second kappa shape index (κ2) is 11.0. The molecule has 4 aromatic rings. The third-order valence-electron chi connectivity index (χ3n) is 7.92. The average molecular weight is 546 g/mol. The first-order valence-electron chi connectivity index (χ1n) is 13.6. The van der Waals surface area contributed by atoms with E-state index in [1.54, 1.807) is 36.8 Å². The summed E-state index contributed by atoms with van der Waals surface area (Å²) in [7, 11) is 1.88. The van der Waals surface area contributed by atoms with E-state index in [4.69, 9.17) is 10.2 Å². The first-order chi connectivity index (χ1) is 19.9. The van der Waals surface area contributed by atoms with E-state index in [1.165, 1.54) is 0 Å². The molecule has 1 saturated heterocycles. The van der Waals surface area contributed by atoms with Gasteiger partial charge in [0.1, 0.15) is 6.10 Å². The maximum Gasteiger partial charge on any atom is 0.321 e. The van der Waals surface area contributed by atoms with E-state index >= 15 is 0 Å². The van der Waals surface area contributed by atoms with E-state index in [9.17, 15) is 9.90 Å². The highest BCUT2D eigenvalue weighted by molar-refractivity contribution is 5.90. The molecule has 6 rings (SSSR count). The molecule has 0 radical (unpaired) electrons. The van der Waals surface area contributed by atoms with Crippen LogP contribution in [0.5, 0.6) is 0 Å². The number of fused-ring (bicyclic) bond motifs is 2. The van der Waals surface area contributed by atoms with Gasteiger partial charge in [0, 0.05) is 45.1 Å². The molecule has 9 nitrogen and oxygen atoms in total. The number of nitrogens with zero attached hydrogens (tertiary/aromatic N) is 6. The number of anilines is 1. The Morgan fingerprint density at radius 2 is 1.90 bits per heavy atom. The second-order valence-electron chi connectivity index (χ2n) is 10.5. The number of rotatable bonds is 4. The van der Waals surface area contributed by atoms with Gasteiger partial charge in [0.25, 0.3) is 0 Å².